The molecule has 4 N–H and O–H groups in total. The van der Waals surface area contributed by atoms with Crippen molar-refractivity contribution in [2.75, 3.05) is 13.1 Å². The number of aromatic nitrogens is 2. The molecule has 0 bridgehead atoms. The van der Waals surface area contributed by atoms with Crippen LogP contribution in [0.4, 0.5) is 13.2 Å². The predicted molar refractivity (Wildman–Crippen MR) is 173 cm³/mol. The van der Waals surface area contributed by atoms with Gasteiger partial charge in [0.15, 0.2) is 11.5 Å². The van der Waals surface area contributed by atoms with Gasteiger partial charge in [-0.15, -0.1) is 11.3 Å². The fourth-order valence-corrected chi connectivity index (χ4v) is 6.25. The van der Waals surface area contributed by atoms with Crippen molar-refractivity contribution in [1.82, 2.24) is 25.5 Å². The maximum atomic E-state index is 13.7. The van der Waals surface area contributed by atoms with E-state index in [4.69, 9.17) is 28.9 Å². The summed E-state index contributed by atoms with van der Waals surface area (Å²) in [5.41, 5.74) is 9.61. The first-order valence-corrected chi connectivity index (χ1v) is 15.7. The van der Waals surface area contributed by atoms with E-state index in [2.05, 4.69) is 27.7 Å². The second kappa shape index (κ2) is 14.5. The van der Waals surface area contributed by atoms with Crippen molar-refractivity contribution < 1.29 is 22.9 Å². The summed E-state index contributed by atoms with van der Waals surface area (Å²) in [5.74, 6) is 5.11. The molecule has 1 aliphatic heterocycles. The van der Waals surface area contributed by atoms with Gasteiger partial charge < -0.3 is 11.1 Å². The van der Waals surface area contributed by atoms with Crippen LogP contribution < -0.4 is 16.5 Å². The number of halogens is 5. The van der Waals surface area contributed by atoms with E-state index in [1.165, 1.54) is 34.2 Å². The van der Waals surface area contributed by atoms with Gasteiger partial charge in [0.25, 0.3) is 12.1 Å². The number of thiophene rings is 1. The summed E-state index contributed by atoms with van der Waals surface area (Å²) in [4.78, 5) is 25.2. The number of nitrogens with one attached hydrogen (secondary N) is 2. The van der Waals surface area contributed by atoms with Gasteiger partial charge in [-0.2, -0.15) is 18.3 Å². The Morgan fingerprint density at radius 3 is 2.47 bits per heavy atom. The molecular weight excluding hydrogens is 678 g/mol. The van der Waals surface area contributed by atoms with Gasteiger partial charge in [-0.05, 0) is 67.4 Å². The number of hydrogen-bond acceptors (Lipinski definition) is 8. The first-order chi connectivity index (χ1) is 22.4. The van der Waals surface area contributed by atoms with Gasteiger partial charge in [0.1, 0.15) is 0 Å². The molecular formula is C31H26Cl2F3N7O3S. The summed E-state index contributed by atoms with van der Waals surface area (Å²) in [6.45, 7) is 1.21. The lowest BCUT2D eigenvalue weighted by atomic mass is 10.1. The number of nitrogens with two attached hydrogens (primary N) is 1. The summed E-state index contributed by atoms with van der Waals surface area (Å²) >= 11 is 14.0. The summed E-state index contributed by atoms with van der Waals surface area (Å²) in [7, 11) is 0. The Bertz CT molecular complexity index is 1890. The van der Waals surface area contributed by atoms with Gasteiger partial charge in [0.2, 0.25) is 0 Å². The molecule has 2 aromatic carbocycles. The maximum Gasteiger partial charge on any atom is 0.416 e. The standard InChI is InChI=1S/C31H26Cl2F3N7O3S/c32-21-9-12-25(24(33)16-21)43-29(26-13-11-22(47-26)10-6-19-4-7-20(8-5-19)31(34,35)36)23(17-38-27(37)18-42(45)46)28(39-43)30(44)40-41-14-2-1-3-15-41/h4-5,7-9,11-13,16,18,38H,1-3,14-15,17,37H2,(H,40,44)/b27-18+. The van der Waals surface area contributed by atoms with Crippen LogP contribution >= 0.6 is 34.5 Å². The molecule has 47 heavy (non-hydrogen) atoms. The van der Waals surface area contributed by atoms with Crippen LogP contribution in [0.5, 0.6) is 0 Å². The van der Waals surface area contributed by atoms with Crippen molar-refractivity contribution in [3.8, 4) is 28.1 Å². The first kappa shape index (κ1) is 33.8. The average molecular weight is 705 g/mol. The molecule has 0 atom stereocenters. The highest BCUT2D eigenvalue weighted by molar-refractivity contribution is 7.16. The lowest BCUT2D eigenvalue weighted by Gasteiger charge is -2.26. The van der Waals surface area contributed by atoms with E-state index in [1.54, 1.807) is 24.3 Å². The van der Waals surface area contributed by atoms with E-state index in [-0.39, 0.29) is 23.1 Å². The lowest BCUT2D eigenvalue weighted by Crippen LogP contribution is -2.45. The minimum absolute atomic E-state index is 0.0313. The van der Waals surface area contributed by atoms with E-state index in [0.717, 1.165) is 31.4 Å². The van der Waals surface area contributed by atoms with E-state index in [9.17, 15) is 28.1 Å². The molecule has 5 rings (SSSR count). The Labute approximate surface area is 281 Å². The Balaban J connectivity index is 1.60. The molecule has 1 aliphatic rings. The molecule has 0 unspecified atom stereocenters. The van der Waals surface area contributed by atoms with Crippen molar-refractivity contribution in [2.45, 2.75) is 32.0 Å². The van der Waals surface area contributed by atoms with Crippen LogP contribution in [0.3, 0.4) is 0 Å². The number of amides is 1. The van der Waals surface area contributed by atoms with Crippen LogP contribution in [0.25, 0.3) is 16.3 Å². The van der Waals surface area contributed by atoms with Crippen LogP contribution in [-0.4, -0.2) is 38.7 Å². The average Bonchev–Trinajstić information content (AvgIpc) is 3.63. The number of hydrazine groups is 1. The van der Waals surface area contributed by atoms with Gasteiger partial charge in [-0.25, -0.2) is 9.69 Å². The summed E-state index contributed by atoms with van der Waals surface area (Å²) in [5, 5.41) is 20.9. The maximum absolute atomic E-state index is 13.7. The molecule has 1 amide bonds. The van der Waals surface area contributed by atoms with Crippen molar-refractivity contribution in [1.29, 1.82) is 0 Å². The number of nitro groups is 1. The summed E-state index contributed by atoms with van der Waals surface area (Å²) < 4.78 is 40.4. The minimum Gasteiger partial charge on any atom is -0.380 e. The SMILES string of the molecule is N/C(=C\[N+](=O)[O-])NCc1c(C(=O)NN2CCCCC2)nn(-c2ccc(Cl)cc2Cl)c1-c1ccc(C#Cc2ccc(C(F)(F)F)cc2)s1. The van der Waals surface area contributed by atoms with Crippen molar-refractivity contribution in [3.63, 3.8) is 0 Å². The summed E-state index contributed by atoms with van der Waals surface area (Å²) in [6.07, 6.45) is -0.955. The van der Waals surface area contributed by atoms with Gasteiger partial charge in [-0.1, -0.05) is 41.5 Å². The second-order valence-electron chi connectivity index (χ2n) is 10.4. The number of rotatable bonds is 8. The monoisotopic (exact) mass is 703 g/mol. The van der Waals surface area contributed by atoms with Crippen LogP contribution in [0.15, 0.2) is 66.6 Å². The fourth-order valence-electron chi connectivity index (χ4n) is 4.84. The van der Waals surface area contributed by atoms with Crippen LogP contribution in [-0.2, 0) is 12.7 Å². The molecule has 3 heterocycles. The zero-order valence-electron chi connectivity index (χ0n) is 24.4. The highest BCUT2D eigenvalue weighted by Gasteiger charge is 2.30. The van der Waals surface area contributed by atoms with E-state index >= 15 is 0 Å². The third-order valence-electron chi connectivity index (χ3n) is 7.05. The minimum atomic E-state index is -4.45. The molecule has 1 fully saturated rings. The molecule has 4 aromatic rings. The number of piperidine rings is 1. The molecule has 0 spiro atoms. The van der Waals surface area contributed by atoms with Crippen molar-refractivity contribution >= 4 is 40.4 Å². The molecule has 244 valence electrons. The number of alkyl halides is 3. The van der Waals surface area contributed by atoms with Crippen molar-refractivity contribution in [3.05, 3.63) is 114 Å². The normalized spacial score (nSPS) is 13.9. The zero-order valence-corrected chi connectivity index (χ0v) is 26.7. The van der Waals surface area contributed by atoms with Gasteiger partial charge in [0, 0.05) is 35.8 Å². The van der Waals surface area contributed by atoms with Crippen LogP contribution in [0.2, 0.25) is 10.0 Å². The summed E-state index contributed by atoms with van der Waals surface area (Å²) in [6, 6.07) is 12.8. The van der Waals surface area contributed by atoms with E-state index in [0.29, 0.717) is 56.6 Å². The number of benzene rings is 2. The molecule has 0 aliphatic carbocycles. The number of carbonyl (C=O) groups excluding carboxylic acids is 1. The number of hydrogen-bond donors (Lipinski definition) is 3. The number of carbonyl (C=O) groups is 1. The Morgan fingerprint density at radius 2 is 1.81 bits per heavy atom. The van der Waals surface area contributed by atoms with E-state index in [1.807, 2.05) is 5.01 Å². The van der Waals surface area contributed by atoms with Crippen molar-refractivity contribution in [2.24, 2.45) is 5.73 Å². The van der Waals surface area contributed by atoms with Gasteiger partial charge in [0.05, 0.1) is 36.6 Å². The van der Waals surface area contributed by atoms with Gasteiger partial charge >= 0.3 is 6.18 Å². The van der Waals surface area contributed by atoms with Crippen LogP contribution in [0.1, 0.15) is 51.3 Å². The van der Waals surface area contributed by atoms with Crippen LogP contribution in [0, 0.1) is 22.0 Å². The molecule has 1 saturated heterocycles. The first-order valence-electron chi connectivity index (χ1n) is 14.2. The molecule has 0 radical (unpaired) electrons. The highest BCUT2D eigenvalue weighted by Crippen LogP contribution is 2.37. The molecule has 16 heteroatoms. The number of nitrogens with zero attached hydrogens (tertiary/aromatic N) is 4. The molecule has 10 nitrogen and oxygen atoms in total. The fraction of sp³-hybridized carbons (Fsp3) is 0.226. The van der Waals surface area contributed by atoms with Gasteiger partial charge in [-0.3, -0.25) is 20.3 Å². The van der Waals surface area contributed by atoms with E-state index < -0.39 is 22.6 Å². The largest absolute Gasteiger partial charge is 0.416 e. The Morgan fingerprint density at radius 1 is 1.09 bits per heavy atom. The third kappa shape index (κ3) is 8.44. The third-order valence-corrected chi connectivity index (χ3v) is 8.59. The topological polar surface area (TPSA) is 131 Å². The second-order valence-corrected chi connectivity index (χ2v) is 12.3. The Kier molecular flexibility index (Phi) is 10.4. The quantitative estimate of drug-likeness (QED) is 0.107. The lowest BCUT2D eigenvalue weighted by molar-refractivity contribution is -0.403. The molecule has 0 saturated carbocycles. The smallest absolute Gasteiger partial charge is 0.380 e. The zero-order chi connectivity index (χ0) is 33.7. The Hall–Kier alpha value is -4.55. The predicted octanol–water partition coefficient (Wildman–Crippen LogP) is 6.58. The highest BCUT2D eigenvalue weighted by atomic mass is 35.5. The molecule has 2 aromatic heterocycles.